The van der Waals surface area contributed by atoms with E-state index >= 15 is 0 Å². The van der Waals surface area contributed by atoms with E-state index in [1.54, 1.807) is 6.92 Å². The van der Waals surface area contributed by atoms with Crippen LogP contribution >= 0.6 is 24.0 Å². The molecule has 0 saturated heterocycles. The fourth-order valence-electron chi connectivity index (χ4n) is 2.82. The van der Waals surface area contributed by atoms with Crippen LogP contribution in [0.3, 0.4) is 0 Å². The Morgan fingerprint density at radius 2 is 1.86 bits per heavy atom. The second-order valence-corrected chi connectivity index (χ2v) is 6.56. The van der Waals surface area contributed by atoms with Gasteiger partial charge in [0.1, 0.15) is 11.4 Å². The lowest BCUT2D eigenvalue weighted by molar-refractivity contribution is 0.0672. The summed E-state index contributed by atoms with van der Waals surface area (Å²) in [7, 11) is 0. The molecule has 0 aliphatic carbocycles. The highest BCUT2D eigenvalue weighted by atomic mass is 127. The molecule has 3 N–H and O–H groups in total. The van der Waals surface area contributed by atoms with Gasteiger partial charge >= 0.3 is 0 Å². The fraction of sp³-hybridized carbons (Fsp3) is 0.350. The van der Waals surface area contributed by atoms with Crippen molar-refractivity contribution in [3.8, 4) is 0 Å². The maximum absolute atomic E-state index is 10.7. The maximum atomic E-state index is 10.7. The first kappa shape index (κ1) is 22.1. The van der Waals surface area contributed by atoms with E-state index in [4.69, 9.17) is 0 Å². The fourth-order valence-corrected chi connectivity index (χ4v) is 2.82. The highest BCUT2D eigenvalue weighted by molar-refractivity contribution is 14.0. The molecule has 0 spiro atoms. The molecule has 1 unspecified atom stereocenters. The van der Waals surface area contributed by atoms with Gasteiger partial charge in [-0.1, -0.05) is 36.4 Å². The average molecular weight is 494 g/mol. The summed E-state index contributed by atoms with van der Waals surface area (Å²) in [5.74, 6) is 1.56. The average Bonchev–Trinajstić information content (AvgIpc) is 3.10. The van der Waals surface area contributed by atoms with Crippen molar-refractivity contribution in [3.63, 3.8) is 0 Å². The Bertz CT molecular complexity index is 894. The standard InChI is InChI=1S/C20H26N6O.HI/c1-3-21-19(23-15-20(2,27)16-9-5-4-6-10-16)22-13-12-18-25-24-17-11-7-8-14-26(17)18;/h4-11,14,27H,3,12-13,15H2,1-2H3,(H2,21,22,23);1H. The van der Waals surface area contributed by atoms with Crippen LogP contribution in [0.15, 0.2) is 59.7 Å². The number of pyridine rings is 1. The van der Waals surface area contributed by atoms with Crippen molar-refractivity contribution in [1.82, 2.24) is 25.2 Å². The summed E-state index contributed by atoms with van der Waals surface area (Å²) in [5.41, 5.74) is 0.666. The van der Waals surface area contributed by atoms with Gasteiger partial charge in [-0.3, -0.25) is 4.40 Å². The van der Waals surface area contributed by atoms with Crippen LogP contribution in [0.2, 0.25) is 0 Å². The zero-order valence-electron chi connectivity index (χ0n) is 16.2. The lowest BCUT2D eigenvalue weighted by atomic mass is 9.96. The zero-order valence-corrected chi connectivity index (χ0v) is 18.5. The molecule has 150 valence electrons. The third kappa shape index (κ3) is 5.65. The highest BCUT2D eigenvalue weighted by Crippen LogP contribution is 2.20. The summed E-state index contributed by atoms with van der Waals surface area (Å²) in [6, 6.07) is 15.4. The molecule has 3 aromatic rings. The molecule has 0 amide bonds. The number of aliphatic hydroxyl groups is 1. The van der Waals surface area contributed by atoms with Crippen molar-refractivity contribution in [1.29, 1.82) is 0 Å². The van der Waals surface area contributed by atoms with Gasteiger partial charge in [-0.15, -0.1) is 34.2 Å². The third-order valence-corrected chi connectivity index (χ3v) is 4.31. The summed E-state index contributed by atoms with van der Waals surface area (Å²) in [6.07, 6.45) is 2.67. The molecule has 8 heteroatoms. The number of nitrogens with one attached hydrogen (secondary N) is 2. The Morgan fingerprint density at radius 1 is 1.11 bits per heavy atom. The van der Waals surface area contributed by atoms with Crippen LogP contribution in [0, 0.1) is 0 Å². The van der Waals surface area contributed by atoms with Gasteiger partial charge in [0.15, 0.2) is 11.6 Å². The topological polar surface area (TPSA) is 86.8 Å². The van der Waals surface area contributed by atoms with Crippen LogP contribution in [0.4, 0.5) is 0 Å². The highest BCUT2D eigenvalue weighted by Gasteiger charge is 2.22. The molecule has 1 atom stereocenters. The van der Waals surface area contributed by atoms with Gasteiger partial charge in [0.05, 0.1) is 6.54 Å². The van der Waals surface area contributed by atoms with Crippen molar-refractivity contribution in [2.45, 2.75) is 25.9 Å². The SMILES string of the molecule is CCNC(=NCC(C)(O)c1ccccc1)NCCc1nnc2ccccn12.I. The van der Waals surface area contributed by atoms with E-state index in [0.717, 1.165) is 23.6 Å². The first-order chi connectivity index (χ1) is 13.1. The molecule has 2 aromatic heterocycles. The Morgan fingerprint density at radius 3 is 2.61 bits per heavy atom. The van der Waals surface area contributed by atoms with Crippen molar-refractivity contribution in [3.05, 3.63) is 66.1 Å². The minimum Gasteiger partial charge on any atom is -0.384 e. The van der Waals surface area contributed by atoms with E-state index in [1.807, 2.05) is 66.1 Å². The molecule has 0 saturated carbocycles. The zero-order chi connectivity index (χ0) is 19.1. The summed E-state index contributed by atoms with van der Waals surface area (Å²) in [6.45, 7) is 5.46. The van der Waals surface area contributed by atoms with Crippen LogP contribution in [0.1, 0.15) is 25.2 Å². The summed E-state index contributed by atoms with van der Waals surface area (Å²) < 4.78 is 1.98. The van der Waals surface area contributed by atoms with Crippen molar-refractivity contribution < 1.29 is 5.11 Å². The second-order valence-electron chi connectivity index (χ2n) is 6.56. The molecule has 3 rings (SSSR count). The lowest BCUT2D eigenvalue weighted by Gasteiger charge is -2.22. The molecule has 0 radical (unpaired) electrons. The predicted molar refractivity (Wildman–Crippen MR) is 122 cm³/mol. The normalized spacial score (nSPS) is 13.6. The van der Waals surface area contributed by atoms with E-state index in [2.05, 4.69) is 25.8 Å². The number of guanidine groups is 1. The third-order valence-electron chi connectivity index (χ3n) is 4.31. The van der Waals surface area contributed by atoms with E-state index in [1.165, 1.54) is 0 Å². The Labute approximate surface area is 182 Å². The Balaban J connectivity index is 0.00000280. The molecular formula is C20H27IN6O. The molecule has 1 aromatic carbocycles. The molecule has 7 nitrogen and oxygen atoms in total. The Hall–Kier alpha value is -2.20. The van der Waals surface area contributed by atoms with Gasteiger partial charge < -0.3 is 15.7 Å². The lowest BCUT2D eigenvalue weighted by Crippen LogP contribution is -2.39. The van der Waals surface area contributed by atoms with Gasteiger partial charge in [0, 0.05) is 25.7 Å². The smallest absolute Gasteiger partial charge is 0.191 e. The summed E-state index contributed by atoms with van der Waals surface area (Å²) >= 11 is 0. The number of hydrogen-bond acceptors (Lipinski definition) is 4. The van der Waals surface area contributed by atoms with E-state index in [-0.39, 0.29) is 30.5 Å². The van der Waals surface area contributed by atoms with E-state index < -0.39 is 5.60 Å². The molecule has 0 aliphatic rings. The van der Waals surface area contributed by atoms with Crippen LogP contribution in [-0.2, 0) is 12.0 Å². The van der Waals surface area contributed by atoms with Gasteiger partial charge in [-0.05, 0) is 31.5 Å². The van der Waals surface area contributed by atoms with E-state index in [9.17, 15) is 5.11 Å². The summed E-state index contributed by atoms with van der Waals surface area (Å²) in [5, 5.41) is 25.6. The number of rotatable bonds is 7. The van der Waals surface area contributed by atoms with Crippen LogP contribution < -0.4 is 10.6 Å². The molecule has 0 aliphatic heterocycles. The number of fused-ring (bicyclic) bond motifs is 1. The minimum atomic E-state index is -1.02. The molecule has 0 bridgehead atoms. The molecule has 28 heavy (non-hydrogen) atoms. The van der Waals surface area contributed by atoms with Gasteiger partial charge in [-0.25, -0.2) is 4.99 Å². The quantitative estimate of drug-likeness (QED) is 0.267. The van der Waals surface area contributed by atoms with Crippen molar-refractivity contribution in [2.75, 3.05) is 19.6 Å². The number of benzene rings is 1. The minimum absolute atomic E-state index is 0. The molecular weight excluding hydrogens is 467 g/mol. The first-order valence-electron chi connectivity index (χ1n) is 9.19. The van der Waals surface area contributed by atoms with Gasteiger partial charge in [0.25, 0.3) is 0 Å². The van der Waals surface area contributed by atoms with Crippen LogP contribution in [0.25, 0.3) is 5.65 Å². The molecule has 2 heterocycles. The number of aliphatic imine (C=N–C) groups is 1. The number of nitrogens with zero attached hydrogens (tertiary/aromatic N) is 4. The second kappa shape index (κ2) is 10.4. The number of hydrogen-bond donors (Lipinski definition) is 3. The van der Waals surface area contributed by atoms with Gasteiger partial charge in [0.2, 0.25) is 0 Å². The Kier molecular flexibility index (Phi) is 8.18. The van der Waals surface area contributed by atoms with E-state index in [0.29, 0.717) is 18.9 Å². The monoisotopic (exact) mass is 494 g/mol. The van der Waals surface area contributed by atoms with Crippen molar-refractivity contribution >= 4 is 35.6 Å². The number of aromatic nitrogens is 3. The first-order valence-corrected chi connectivity index (χ1v) is 9.19. The molecule has 0 fully saturated rings. The van der Waals surface area contributed by atoms with Gasteiger partial charge in [-0.2, -0.15) is 0 Å². The van der Waals surface area contributed by atoms with Crippen LogP contribution in [-0.4, -0.2) is 45.3 Å². The predicted octanol–water partition coefficient (Wildman–Crippen LogP) is 2.35. The number of halogens is 1. The van der Waals surface area contributed by atoms with Crippen molar-refractivity contribution in [2.24, 2.45) is 4.99 Å². The maximum Gasteiger partial charge on any atom is 0.191 e. The summed E-state index contributed by atoms with van der Waals surface area (Å²) in [4.78, 5) is 4.54. The van der Waals surface area contributed by atoms with Crippen LogP contribution in [0.5, 0.6) is 0 Å². The largest absolute Gasteiger partial charge is 0.384 e.